The van der Waals surface area contributed by atoms with E-state index in [0.717, 1.165) is 0 Å². The lowest BCUT2D eigenvalue weighted by atomic mass is 10.1. The van der Waals surface area contributed by atoms with E-state index in [2.05, 4.69) is 10.2 Å². The number of nitrogen functional groups attached to an aromatic ring is 1. The molecule has 110 valence electrons. The zero-order valence-electron chi connectivity index (χ0n) is 10.3. The average Bonchev–Trinajstić information content (AvgIpc) is 2.94. The number of aliphatic hydroxyl groups is 3. The maximum Gasteiger partial charge on any atom is 0.163 e. The second kappa shape index (κ2) is 5.51. The Bertz CT molecular complexity index is 607. The third-order valence-corrected chi connectivity index (χ3v) is 3.37. The Morgan fingerprint density at radius 2 is 2.10 bits per heavy atom. The van der Waals surface area contributed by atoms with Gasteiger partial charge in [-0.25, -0.2) is 0 Å². The summed E-state index contributed by atoms with van der Waals surface area (Å²) >= 11 is 0. The fourth-order valence-electron chi connectivity index (χ4n) is 2.34. The Kier molecular flexibility index (Phi) is 4.11. The van der Waals surface area contributed by atoms with Crippen LogP contribution in [0.3, 0.4) is 0 Å². The topological polar surface area (TPSA) is 127 Å². The molecule has 8 nitrogen and oxygen atoms in total. The number of hydrogen-bond donors (Lipinski definition) is 4. The fourth-order valence-corrected chi connectivity index (χ4v) is 2.34. The summed E-state index contributed by atoms with van der Waals surface area (Å²) in [5.41, 5.74) is 6.35. The average molecular weight is 303 g/mol. The molecule has 0 bridgehead atoms. The Labute approximate surface area is 120 Å². The number of anilines is 1. The molecule has 1 fully saturated rings. The van der Waals surface area contributed by atoms with Gasteiger partial charge in [-0.1, -0.05) is 0 Å². The van der Waals surface area contributed by atoms with Crippen LogP contribution in [0.2, 0.25) is 0 Å². The molecule has 1 saturated heterocycles. The van der Waals surface area contributed by atoms with Gasteiger partial charge in [-0.05, 0) is 6.07 Å². The number of aliphatic hydroxyl groups excluding tert-OH is 3. The predicted molar refractivity (Wildman–Crippen MR) is 72.2 cm³/mol. The summed E-state index contributed by atoms with van der Waals surface area (Å²) < 4.78 is 7.07. The van der Waals surface area contributed by atoms with Crippen molar-refractivity contribution in [2.24, 2.45) is 0 Å². The van der Waals surface area contributed by atoms with Crippen molar-refractivity contribution in [1.82, 2.24) is 14.8 Å². The van der Waals surface area contributed by atoms with Gasteiger partial charge < -0.3 is 30.4 Å². The molecule has 0 spiro atoms. The van der Waals surface area contributed by atoms with Gasteiger partial charge in [-0.3, -0.25) is 0 Å². The molecule has 4 atom stereocenters. The third-order valence-electron chi connectivity index (χ3n) is 3.37. The van der Waals surface area contributed by atoms with Gasteiger partial charge in [0, 0.05) is 11.6 Å². The lowest BCUT2D eigenvalue weighted by Crippen LogP contribution is -2.33. The normalized spacial score (nSPS) is 29.6. The highest BCUT2D eigenvalue weighted by Gasteiger charge is 2.43. The van der Waals surface area contributed by atoms with Gasteiger partial charge in [-0.15, -0.1) is 17.5 Å². The van der Waals surface area contributed by atoms with Crippen LogP contribution >= 0.6 is 12.4 Å². The van der Waals surface area contributed by atoms with Crippen LogP contribution in [0.1, 0.15) is 6.23 Å². The largest absolute Gasteiger partial charge is 0.394 e. The van der Waals surface area contributed by atoms with Crippen LogP contribution in [0.4, 0.5) is 5.82 Å². The van der Waals surface area contributed by atoms with Crippen molar-refractivity contribution < 1.29 is 20.1 Å². The number of ether oxygens (including phenoxy) is 1. The van der Waals surface area contributed by atoms with E-state index in [0.29, 0.717) is 10.9 Å². The van der Waals surface area contributed by atoms with Gasteiger partial charge in [0.2, 0.25) is 0 Å². The number of halogens is 1. The standard InChI is InChI=1S/C11H14N4O4.ClH/c12-10-5-1-2-15(6(5)3-13-14-10)11-9(18)8(17)7(4-16)19-11;/h1-3,7-9,11,16-18H,4H2,(H2,12,14);1H. The van der Waals surface area contributed by atoms with Crippen LogP contribution < -0.4 is 5.73 Å². The summed E-state index contributed by atoms with van der Waals surface area (Å²) in [6.45, 7) is -0.365. The minimum absolute atomic E-state index is 0. The highest BCUT2D eigenvalue weighted by atomic mass is 35.5. The van der Waals surface area contributed by atoms with E-state index in [1.54, 1.807) is 16.8 Å². The van der Waals surface area contributed by atoms with Gasteiger partial charge in [-0.2, -0.15) is 5.10 Å². The van der Waals surface area contributed by atoms with Crippen molar-refractivity contribution >= 4 is 29.1 Å². The quantitative estimate of drug-likeness (QED) is 0.563. The molecule has 3 rings (SSSR count). The van der Waals surface area contributed by atoms with E-state index >= 15 is 0 Å². The first-order valence-corrected chi connectivity index (χ1v) is 5.83. The zero-order valence-corrected chi connectivity index (χ0v) is 11.1. The van der Waals surface area contributed by atoms with Crippen LogP contribution in [0.15, 0.2) is 18.5 Å². The molecule has 0 amide bonds. The molecular formula is C11H15ClN4O4. The van der Waals surface area contributed by atoms with Crippen molar-refractivity contribution in [2.75, 3.05) is 12.3 Å². The molecule has 3 heterocycles. The van der Waals surface area contributed by atoms with Crippen LogP contribution in [-0.4, -0.2) is 55.0 Å². The number of fused-ring (bicyclic) bond motifs is 1. The van der Waals surface area contributed by atoms with E-state index in [-0.39, 0.29) is 24.8 Å². The van der Waals surface area contributed by atoms with E-state index in [4.69, 9.17) is 15.6 Å². The Balaban J connectivity index is 0.00000147. The number of aromatic nitrogens is 3. The molecular weight excluding hydrogens is 288 g/mol. The molecule has 2 aromatic rings. The van der Waals surface area contributed by atoms with Crippen molar-refractivity contribution in [3.63, 3.8) is 0 Å². The summed E-state index contributed by atoms with van der Waals surface area (Å²) in [4.78, 5) is 0. The maximum absolute atomic E-state index is 9.99. The monoisotopic (exact) mass is 302 g/mol. The first-order chi connectivity index (χ1) is 9.13. The minimum Gasteiger partial charge on any atom is -0.394 e. The zero-order chi connectivity index (χ0) is 13.6. The lowest BCUT2D eigenvalue weighted by Gasteiger charge is -2.17. The molecule has 0 radical (unpaired) electrons. The molecule has 1 aliphatic rings. The molecule has 5 N–H and O–H groups in total. The molecule has 9 heteroatoms. The van der Waals surface area contributed by atoms with Crippen molar-refractivity contribution in [3.05, 3.63) is 18.5 Å². The van der Waals surface area contributed by atoms with Gasteiger partial charge in [0.25, 0.3) is 0 Å². The van der Waals surface area contributed by atoms with Crippen LogP contribution in [-0.2, 0) is 4.74 Å². The van der Waals surface area contributed by atoms with E-state index in [1.807, 2.05) is 0 Å². The number of rotatable bonds is 2. The first-order valence-electron chi connectivity index (χ1n) is 5.83. The molecule has 1 aliphatic heterocycles. The van der Waals surface area contributed by atoms with E-state index in [9.17, 15) is 10.2 Å². The summed E-state index contributed by atoms with van der Waals surface area (Å²) in [5.74, 6) is 0.281. The molecule has 4 unspecified atom stereocenters. The van der Waals surface area contributed by atoms with Crippen molar-refractivity contribution in [1.29, 1.82) is 0 Å². The molecule has 0 aliphatic carbocycles. The maximum atomic E-state index is 9.99. The predicted octanol–water partition coefficient (Wildman–Crippen LogP) is -0.953. The van der Waals surface area contributed by atoms with Gasteiger partial charge >= 0.3 is 0 Å². The lowest BCUT2D eigenvalue weighted by molar-refractivity contribution is -0.0506. The second-order valence-electron chi connectivity index (χ2n) is 4.48. The number of nitrogens with two attached hydrogens (primary N) is 1. The highest BCUT2D eigenvalue weighted by Crippen LogP contribution is 2.32. The van der Waals surface area contributed by atoms with Gasteiger partial charge in [0.1, 0.15) is 18.3 Å². The molecule has 20 heavy (non-hydrogen) atoms. The van der Waals surface area contributed by atoms with Gasteiger partial charge in [0.15, 0.2) is 12.0 Å². The smallest absolute Gasteiger partial charge is 0.163 e. The van der Waals surface area contributed by atoms with Crippen molar-refractivity contribution in [2.45, 2.75) is 24.5 Å². The Morgan fingerprint density at radius 1 is 1.35 bits per heavy atom. The second-order valence-corrected chi connectivity index (χ2v) is 4.48. The molecule has 0 aromatic carbocycles. The summed E-state index contributed by atoms with van der Waals surface area (Å²) in [6.07, 6.45) is -0.717. The van der Waals surface area contributed by atoms with Gasteiger partial charge in [0.05, 0.1) is 18.3 Å². The van der Waals surface area contributed by atoms with Crippen LogP contribution in [0, 0.1) is 0 Å². The van der Waals surface area contributed by atoms with E-state index < -0.39 is 24.5 Å². The summed E-state index contributed by atoms with van der Waals surface area (Å²) in [7, 11) is 0. The fraction of sp³-hybridized carbons (Fsp3) is 0.455. The van der Waals surface area contributed by atoms with Crippen LogP contribution in [0.5, 0.6) is 0 Å². The van der Waals surface area contributed by atoms with Crippen molar-refractivity contribution in [3.8, 4) is 0 Å². The minimum atomic E-state index is -1.14. The Morgan fingerprint density at radius 3 is 2.75 bits per heavy atom. The third kappa shape index (κ3) is 2.11. The molecule has 0 saturated carbocycles. The summed E-state index contributed by atoms with van der Waals surface area (Å²) in [5, 5.41) is 37.0. The molecule has 2 aromatic heterocycles. The Hall–Kier alpha value is -1.45. The highest BCUT2D eigenvalue weighted by molar-refractivity contribution is 5.88. The SMILES string of the molecule is Cl.Nc1nncc2c1ccn2C1OC(CO)C(O)C1O. The van der Waals surface area contributed by atoms with E-state index in [1.165, 1.54) is 6.20 Å². The number of hydrogen-bond acceptors (Lipinski definition) is 7. The first kappa shape index (κ1) is 14.9. The summed E-state index contributed by atoms with van der Waals surface area (Å²) in [6, 6.07) is 1.73. The number of nitrogens with zero attached hydrogens (tertiary/aromatic N) is 3. The van der Waals surface area contributed by atoms with Crippen LogP contribution in [0.25, 0.3) is 10.9 Å².